The van der Waals surface area contributed by atoms with Crippen LogP contribution in [0, 0.1) is 6.92 Å². The second kappa shape index (κ2) is 8.10. The highest BCUT2D eigenvalue weighted by Gasteiger charge is 2.10. The molecule has 0 aliphatic carbocycles. The Morgan fingerprint density at radius 1 is 1.44 bits per heavy atom. The Labute approximate surface area is 111 Å². The first-order chi connectivity index (χ1) is 8.65. The van der Waals surface area contributed by atoms with Crippen molar-refractivity contribution in [1.82, 2.24) is 14.8 Å². The SMILES string of the molecule is CCCOCCCn1c(C)nnc1SCC(=O)O. The quantitative estimate of drug-likeness (QED) is 0.543. The van der Waals surface area contributed by atoms with Gasteiger partial charge < -0.3 is 14.4 Å². The molecule has 0 radical (unpaired) electrons. The molecular formula is C11H19N3O3S. The van der Waals surface area contributed by atoms with Gasteiger partial charge in [0, 0.05) is 19.8 Å². The van der Waals surface area contributed by atoms with Crippen LogP contribution in [0.2, 0.25) is 0 Å². The number of carbonyl (C=O) groups is 1. The minimum atomic E-state index is -0.849. The van der Waals surface area contributed by atoms with Crippen LogP contribution < -0.4 is 0 Å². The molecule has 0 fully saturated rings. The van der Waals surface area contributed by atoms with Gasteiger partial charge in [-0.3, -0.25) is 4.79 Å². The van der Waals surface area contributed by atoms with E-state index in [0.29, 0.717) is 11.8 Å². The van der Waals surface area contributed by atoms with E-state index in [2.05, 4.69) is 17.1 Å². The van der Waals surface area contributed by atoms with Gasteiger partial charge in [0.05, 0.1) is 5.75 Å². The molecule has 0 aromatic carbocycles. The number of aryl methyl sites for hydroxylation is 1. The van der Waals surface area contributed by atoms with Gasteiger partial charge in [-0.25, -0.2) is 0 Å². The monoisotopic (exact) mass is 273 g/mol. The molecule has 0 spiro atoms. The number of thioether (sulfide) groups is 1. The van der Waals surface area contributed by atoms with Gasteiger partial charge >= 0.3 is 5.97 Å². The number of hydrogen-bond donors (Lipinski definition) is 1. The number of rotatable bonds is 9. The zero-order chi connectivity index (χ0) is 13.4. The molecule has 18 heavy (non-hydrogen) atoms. The Bertz CT molecular complexity index is 382. The largest absolute Gasteiger partial charge is 0.481 e. The van der Waals surface area contributed by atoms with Crippen LogP contribution in [0.5, 0.6) is 0 Å². The minimum Gasteiger partial charge on any atom is -0.481 e. The van der Waals surface area contributed by atoms with Crippen molar-refractivity contribution >= 4 is 17.7 Å². The molecule has 0 bridgehead atoms. The van der Waals surface area contributed by atoms with Crippen LogP contribution in [0.15, 0.2) is 5.16 Å². The summed E-state index contributed by atoms with van der Waals surface area (Å²) in [5, 5.41) is 17.2. The van der Waals surface area contributed by atoms with Crippen molar-refractivity contribution in [3.63, 3.8) is 0 Å². The summed E-state index contributed by atoms with van der Waals surface area (Å²) in [5.41, 5.74) is 0. The predicted molar refractivity (Wildman–Crippen MR) is 68.8 cm³/mol. The normalized spacial score (nSPS) is 10.8. The van der Waals surface area contributed by atoms with E-state index < -0.39 is 5.97 Å². The number of nitrogens with zero attached hydrogens (tertiary/aromatic N) is 3. The van der Waals surface area contributed by atoms with E-state index in [1.54, 1.807) is 0 Å². The van der Waals surface area contributed by atoms with E-state index >= 15 is 0 Å². The summed E-state index contributed by atoms with van der Waals surface area (Å²) in [5.74, 6) is -0.0401. The zero-order valence-corrected chi connectivity index (χ0v) is 11.6. The van der Waals surface area contributed by atoms with Gasteiger partial charge in [0.25, 0.3) is 0 Å². The smallest absolute Gasteiger partial charge is 0.313 e. The van der Waals surface area contributed by atoms with Crippen molar-refractivity contribution in [2.24, 2.45) is 0 Å². The Hall–Kier alpha value is -1.08. The van der Waals surface area contributed by atoms with Gasteiger partial charge in [0.15, 0.2) is 5.16 Å². The van der Waals surface area contributed by atoms with Crippen molar-refractivity contribution in [1.29, 1.82) is 0 Å². The van der Waals surface area contributed by atoms with Crippen molar-refractivity contribution < 1.29 is 14.6 Å². The van der Waals surface area contributed by atoms with Crippen molar-refractivity contribution in [3.8, 4) is 0 Å². The topological polar surface area (TPSA) is 77.2 Å². The van der Waals surface area contributed by atoms with E-state index in [1.807, 2.05) is 11.5 Å². The van der Waals surface area contributed by atoms with Gasteiger partial charge in [-0.1, -0.05) is 18.7 Å². The van der Waals surface area contributed by atoms with E-state index in [9.17, 15) is 4.79 Å². The number of aliphatic carboxylic acids is 1. The highest BCUT2D eigenvalue weighted by molar-refractivity contribution is 7.99. The molecule has 0 unspecified atom stereocenters. The number of carboxylic acids is 1. The van der Waals surface area contributed by atoms with Gasteiger partial charge in [-0.2, -0.15) is 0 Å². The molecule has 0 aliphatic heterocycles. The number of hydrogen-bond acceptors (Lipinski definition) is 5. The summed E-state index contributed by atoms with van der Waals surface area (Å²) in [7, 11) is 0. The highest BCUT2D eigenvalue weighted by atomic mass is 32.2. The summed E-state index contributed by atoms with van der Waals surface area (Å²) in [6.45, 7) is 6.18. The van der Waals surface area contributed by atoms with E-state index in [1.165, 1.54) is 11.8 Å². The maximum absolute atomic E-state index is 10.5. The van der Waals surface area contributed by atoms with Crippen LogP contribution in [0.4, 0.5) is 0 Å². The number of carboxylic acid groups (broad SMARTS) is 1. The average molecular weight is 273 g/mol. The maximum Gasteiger partial charge on any atom is 0.313 e. The summed E-state index contributed by atoms with van der Waals surface area (Å²) in [6, 6.07) is 0. The first-order valence-electron chi connectivity index (χ1n) is 5.97. The first kappa shape index (κ1) is 15.0. The van der Waals surface area contributed by atoms with Crippen LogP contribution in [-0.2, 0) is 16.1 Å². The molecule has 102 valence electrons. The van der Waals surface area contributed by atoms with Crippen molar-refractivity contribution in [2.45, 2.75) is 38.4 Å². The van der Waals surface area contributed by atoms with Gasteiger partial charge in [-0.15, -0.1) is 10.2 Å². The molecular weight excluding hydrogens is 254 g/mol. The predicted octanol–water partition coefficient (Wildman–Crippen LogP) is 1.58. The molecule has 0 amide bonds. The Balaban J connectivity index is 2.42. The molecule has 1 N–H and O–H groups in total. The van der Waals surface area contributed by atoms with Gasteiger partial charge in [0.1, 0.15) is 5.82 Å². The average Bonchev–Trinajstić information content (AvgIpc) is 2.68. The van der Waals surface area contributed by atoms with Crippen LogP contribution in [0.25, 0.3) is 0 Å². The lowest BCUT2D eigenvalue weighted by Gasteiger charge is -2.07. The van der Waals surface area contributed by atoms with Crippen LogP contribution in [0.1, 0.15) is 25.6 Å². The Morgan fingerprint density at radius 2 is 2.22 bits per heavy atom. The van der Waals surface area contributed by atoms with Gasteiger partial charge in [-0.05, 0) is 19.8 Å². The van der Waals surface area contributed by atoms with Crippen molar-refractivity contribution in [3.05, 3.63) is 5.82 Å². The fourth-order valence-electron chi connectivity index (χ4n) is 1.42. The molecule has 0 saturated heterocycles. The summed E-state index contributed by atoms with van der Waals surface area (Å²) < 4.78 is 7.34. The molecule has 0 saturated carbocycles. The second-order valence-electron chi connectivity index (χ2n) is 3.83. The fraction of sp³-hybridized carbons (Fsp3) is 0.727. The lowest BCUT2D eigenvalue weighted by Crippen LogP contribution is -2.07. The van der Waals surface area contributed by atoms with Crippen LogP contribution in [0.3, 0.4) is 0 Å². The van der Waals surface area contributed by atoms with Gasteiger partial charge in [0.2, 0.25) is 0 Å². The number of ether oxygens (including phenoxy) is 1. The Kier molecular flexibility index (Phi) is 6.74. The molecule has 7 heteroatoms. The molecule has 1 aromatic rings. The third-order valence-electron chi connectivity index (χ3n) is 2.25. The molecule has 6 nitrogen and oxygen atoms in total. The van der Waals surface area contributed by atoms with Crippen molar-refractivity contribution in [2.75, 3.05) is 19.0 Å². The molecule has 0 atom stereocenters. The summed E-state index contributed by atoms with van der Waals surface area (Å²) >= 11 is 1.19. The minimum absolute atomic E-state index is 0.00443. The van der Waals surface area contributed by atoms with Crippen LogP contribution in [-0.4, -0.2) is 44.8 Å². The third kappa shape index (κ3) is 5.05. The van der Waals surface area contributed by atoms with Crippen LogP contribution >= 0.6 is 11.8 Å². The molecule has 1 aromatic heterocycles. The molecule has 1 rings (SSSR count). The molecule has 0 aliphatic rings. The lowest BCUT2D eigenvalue weighted by atomic mass is 10.4. The Morgan fingerprint density at radius 3 is 2.89 bits per heavy atom. The van der Waals surface area contributed by atoms with E-state index in [0.717, 1.165) is 31.8 Å². The number of aromatic nitrogens is 3. The lowest BCUT2D eigenvalue weighted by molar-refractivity contribution is -0.133. The summed E-state index contributed by atoms with van der Waals surface area (Å²) in [6.07, 6.45) is 1.89. The summed E-state index contributed by atoms with van der Waals surface area (Å²) in [4.78, 5) is 10.5. The first-order valence-corrected chi connectivity index (χ1v) is 6.95. The standard InChI is InChI=1S/C11H19N3O3S/c1-3-6-17-7-4-5-14-9(2)12-13-11(14)18-8-10(15)16/h3-8H2,1-2H3,(H,15,16). The fourth-order valence-corrected chi connectivity index (χ4v) is 2.15. The molecule has 1 heterocycles. The van der Waals surface area contributed by atoms with E-state index in [4.69, 9.17) is 9.84 Å². The third-order valence-corrected chi connectivity index (χ3v) is 3.20. The maximum atomic E-state index is 10.5. The van der Waals surface area contributed by atoms with E-state index in [-0.39, 0.29) is 5.75 Å². The second-order valence-corrected chi connectivity index (χ2v) is 4.77. The zero-order valence-electron chi connectivity index (χ0n) is 10.8. The highest BCUT2D eigenvalue weighted by Crippen LogP contribution is 2.16.